The van der Waals surface area contributed by atoms with Crippen LogP contribution < -0.4 is 4.74 Å². The van der Waals surface area contributed by atoms with Gasteiger partial charge in [0.1, 0.15) is 17.4 Å². The highest BCUT2D eigenvalue weighted by Crippen LogP contribution is 2.37. The summed E-state index contributed by atoms with van der Waals surface area (Å²) < 4.78 is 35.3. The van der Waals surface area contributed by atoms with Crippen molar-refractivity contribution in [2.75, 3.05) is 26.1 Å². The first-order valence-electron chi connectivity index (χ1n) is 8.51. The lowest BCUT2D eigenvalue weighted by Crippen LogP contribution is -2.35. The molecule has 1 aromatic rings. The topological polar surface area (TPSA) is 104 Å². The summed E-state index contributed by atoms with van der Waals surface area (Å²) in [5.74, 6) is -2.96. The van der Waals surface area contributed by atoms with E-state index in [0.29, 0.717) is 6.42 Å². The zero-order chi connectivity index (χ0) is 20.2. The van der Waals surface area contributed by atoms with Gasteiger partial charge in [-0.1, -0.05) is 6.92 Å². The van der Waals surface area contributed by atoms with Crippen molar-refractivity contribution >= 4 is 43.1 Å². The SMILES string of the molecule is CCS(=O)(=O)c1ccc(C(=O)C2C(=O)CCCC2=O)c(Br)c1OCCOC. The predicted molar refractivity (Wildman–Crippen MR) is 101 cm³/mol. The van der Waals surface area contributed by atoms with Crippen LogP contribution in [-0.4, -0.2) is 51.8 Å². The van der Waals surface area contributed by atoms with Gasteiger partial charge in [-0.2, -0.15) is 0 Å². The van der Waals surface area contributed by atoms with E-state index >= 15 is 0 Å². The van der Waals surface area contributed by atoms with Gasteiger partial charge in [0.2, 0.25) is 0 Å². The minimum absolute atomic E-state index is 0.0181. The van der Waals surface area contributed by atoms with Crippen molar-refractivity contribution < 1.29 is 32.3 Å². The van der Waals surface area contributed by atoms with Crippen LogP contribution in [0.4, 0.5) is 0 Å². The number of methoxy groups -OCH3 is 1. The van der Waals surface area contributed by atoms with Gasteiger partial charge in [0.15, 0.2) is 32.9 Å². The number of carbonyl (C=O) groups excluding carboxylic acids is 3. The maximum atomic E-state index is 12.9. The van der Waals surface area contributed by atoms with E-state index in [1.165, 1.54) is 26.2 Å². The van der Waals surface area contributed by atoms with E-state index in [-0.39, 0.29) is 52.5 Å². The molecule has 1 fully saturated rings. The van der Waals surface area contributed by atoms with Gasteiger partial charge >= 0.3 is 0 Å². The Kier molecular flexibility index (Phi) is 7.30. The van der Waals surface area contributed by atoms with Crippen LogP contribution in [0.25, 0.3) is 0 Å². The molecule has 0 saturated heterocycles. The molecule has 1 aliphatic carbocycles. The number of hydrogen-bond donors (Lipinski definition) is 0. The summed E-state index contributed by atoms with van der Waals surface area (Å²) in [7, 11) is -2.14. The van der Waals surface area contributed by atoms with Crippen LogP contribution in [0.3, 0.4) is 0 Å². The second kappa shape index (κ2) is 9.07. The molecule has 9 heteroatoms. The lowest BCUT2D eigenvalue weighted by Gasteiger charge is -2.20. The number of benzene rings is 1. The fourth-order valence-electron chi connectivity index (χ4n) is 2.84. The molecule has 1 aliphatic rings. The molecule has 1 saturated carbocycles. The molecule has 27 heavy (non-hydrogen) atoms. The number of Topliss-reactive ketones (excluding diaryl/α,β-unsaturated/α-hetero) is 3. The van der Waals surface area contributed by atoms with E-state index in [1.54, 1.807) is 0 Å². The van der Waals surface area contributed by atoms with Crippen LogP contribution in [0.2, 0.25) is 0 Å². The number of hydrogen-bond acceptors (Lipinski definition) is 7. The lowest BCUT2D eigenvalue weighted by molar-refractivity contribution is -0.133. The highest BCUT2D eigenvalue weighted by atomic mass is 79.9. The number of sulfone groups is 1. The molecular formula is C18H21BrO7S. The molecule has 0 aromatic heterocycles. The van der Waals surface area contributed by atoms with E-state index in [0.717, 1.165) is 0 Å². The number of rotatable bonds is 8. The monoisotopic (exact) mass is 460 g/mol. The van der Waals surface area contributed by atoms with Crippen molar-refractivity contribution in [1.29, 1.82) is 0 Å². The summed E-state index contributed by atoms with van der Waals surface area (Å²) in [5.41, 5.74) is 0.0473. The zero-order valence-electron chi connectivity index (χ0n) is 15.1. The van der Waals surface area contributed by atoms with Gasteiger partial charge in [-0.15, -0.1) is 0 Å². The second-order valence-corrected chi connectivity index (χ2v) is 9.12. The molecule has 148 valence electrons. The highest BCUT2D eigenvalue weighted by molar-refractivity contribution is 9.10. The average molecular weight is 461 g/mol. The third-order valence-electron chi connectivity index (χ3n) is 4.33. The fourth-order valence-corrected chi connectivity index (χ4v) is 4.66. The van der Waals surface area contributed by atoms with Crippen molar-refractivity contribution in [3.8, 4) is 5.75 Å². The van der Waals surface area contributed by atoms with Gasteiger partial charge in [0.05, 0.1) is 16.8 Å². The summed E-state index contributed by atoms with van der Waals surface area (Å²) in [6, 6.07) is 2.59. The Bertz CT molecular complexity index is 845. The first-order chi connectivity index (χ1) is 12.7. The molecule has 0 N–H and O–H groups in total. The van der Waals surface area contributed by atoms with E-state index < -0.39 is 33.1 Å². The van der Waals surface area contributed by atoms with Gasteiger partial charge in [0, 0.05) is 25.5 Å². The smallest absolute Gasteiger partial charge is 0.182 e. The molecule has 0 amide bonds. The normalized spacial score (nSPS) is 15.8. The quantitative estimate of drug-likeness (QED) is 0.333. The minimum atomic E-state index is -3.62. The van der Waals surface area contributed by atoms with E-state index in [1.807, 2.05) is 0 Å². The molecule has 1 aromatic carbocycles. The van der Waals surface area contributed by atoms with Crippen LogP contribution in [0.1, 0.15) is 36.5 Å². The van der Waals surface area contributed by atoms with Crippen molar-refractivity contribution in [1.82, 2.24) is 0 Å². The molecular weight excluding hydrogens is 440 g/mol. The average Bonchev–Trinajstić information content (AvgIpc) is 2.62. The lowest BCUT2D eigenvalue weighted by atomic mass is 9.81. The number of ketones is 3. The summed E-state index contributed by atoms with van der Waals surface area (Å²) in [4.78, 5) is 37.0. The molecule has 0 radical (unpaired) electrons. The maximum absolute atomic E-state index is 12.9. The molecule has 0 heterocycles. The Morgan fingerprint density at radius 2 is 1.81 bits per heavy atom. The van der Waals surface area contributed by atoms with Crippen LogP contribution in [0, 0.1) is 5.92 Å². The van der Waals surface area contributed by atoms with Gasteiger partial charge in [-0.3, -0.25) is 14.4 Å². The van der Waals surface area contributed by atoms with Crippen LogP contribution in [-0.2, 0) is 24.2 Å². The zero-order valence-corrected chi connectivity index (χ0v) is 17.5. The van der Waals surface area contributed by atoms with Gasteiger partial charge in [0.25, 0.3) is 0 Å². The van der Waals surface area contributed by atoms with Crippen LogP contribution in [0.15, 0.2) is 21.5 Å². The Balaban J connectivity index is 2.52. The highest BCUT2D eigenvalue weighted by Gasteiger charge is 2.38. The van der Waals surface area contributed by atoms with Crippen molar-refractivity contribution in [3.63, 3.8) is 0 Å². The summed E-state index contributed by atoms with van der Waals surface area (Å²) in [6.45, 7) is 1.79. The molecule has 2 rings (SSSR count). The third-order valence-corrected chi connectivity index (χ3v) is 6.87. The van der Waals surface area contributed by atoms with E-state index in [9.17, 15) is 22.8 Å². The molecule has 7 nitrogen and oxygen atoms in total. The first kappa shape index (κ1) is 21.7. The van der Waals surface area contributed by atoms with Gasteiger partial charge in [-0.25, -0.2) is 8.42 Å². The maximum Gasteiger partial charge on any atom is 0.182 e. The van der Waals surface area contributed by atoms with Crippen LogP contribution >= 0.6 is 15.9 Å². The number of halogens is 1. The third kappa shape index (κ3) is 4.64. The standard InChI is InChI=1S/C18H21BrO7S/c1-3-27(23,24)14-8-7-11(16(19)18(14)26-10-9-25-2)17(22)15-12(20)5-4-6-13(15)21/h7-8,15H,3-6,9-10H2,1-2H3. The predicted octanol–water partition coefficient (Wildman–Crippen LogP) is 2.39. The number of ether oxygens (including phenoxy) is 2. The van der Waals surface area contributed by atoms with E-state index in [4.69, 9.17) is 9.47 Å². The second-order valence-electron chi connectivity index (χ2n) is 6.08. The van der Waals surface area contributed by atoms with Gasteiger partial charge < -0.3 is 9.47 Å². The molecule has 0 atom stereocenters. The Morgan fingerprint density at radius 3 is 2.37 bits per heavy atom. The van der Waals surface area contributed by atoms with Gasteiger partial charge in [-0.05, 0) is 34.5 Å². The largest absolute Gasteiger partial charge is 0.489 e. The molecule has 0 spiro atoms. The summed E-state index contributed by atoms with van der Waals surface area (Å²) in [5, 5.41) is 0. The molecule has 0 bridgehead atoms. The summed E-state index contributed by atoms with van der Waals surface area (Å²) in [6.07, 6.45) is 0.806. The Hall–Kier alpha value is -1.58. The summed E-state index contributed by atoms with van der Waals surface area (Å²) >= 11 is 3.24. The Labute approximate surface area is 166 Å². The first-order valence-corrected chi connectivity index (χ1v) is 11.0. The van der Waals surface area contributed by atoms with Crippen molar-refractivity contribution in [3.05, 3.63) is 22.2 Å². The molecule has 0 aliphatic heterocycles. The fraction of sp³-hybridized carbons (Fsp3) is 0.500. The minimum Gasteiger partial charge on any atom is -0.489 e. The van der Waals surface area contributed by atoms with Crippen LogP contribution in [0.5, 0.6) is 5.75 Å². The number of carbonyl (C=O) groups is 3. The molecule has 0 unspecified atom stereocenters. The van der Waals surface area contributed by atoms with Crippen molar-refractivity contribution in [2.24, 2.45) is 5.92 Å². The van der Waals surface area contributed by atoms with Crippen molar-refractivity contribution in [2.45, 2.75) is 31.1 Å². The van der Waals surface area contributed by atoms with E-state index in [2.05, 4.69) is 15.9 Å². The Morgan fingerprint density at radius 1 is 1.19 bits per heavy atom.